The third-order valence-corrected chi connectivity index (χ3v) is 5.39. The third kappa shape index (κ3) is 5.15. The van der Waals surface area contributed by atoms with Crippen LogP contribution in [0.3, 0.4) is 0 Å². The molecule has 0 radical (unpaired) electrons. The minimum Gasteiger partial charge on any atom is -0.383 e. The summed E-state index contributed by atoms with van der Waals surface area (Å²) in [7, 11) is -0.296. The highest BCUT2D eigenvalue weighted by Gasteiger charge is 2.24. The number of likely N-dealkylation sites (N-methyl/N-ethyl adjacent to an activating group) is 1. The van der Waals surface area contributed by atoms with Crippen molar-refractivity contribution in [2.24, 2.45) is 0 Å². The molecule has 1 amide bonds. The van der Waals surface area contributed by atoms with Gasteiger partial charge < -0.3 is 15.0 Å². The van der Waals surface area contributed by atoms with E-state index in [4.69, 9.17) is 4.74 Å². The van der Waals surface area contributed by atoms with Crippen LogP contribution in [0, 0.1) is 0 Å². The van der Waals surface area contributed by atoms with Crippen molar-refractivity contribution in [3.8, 4) is 0 Å². The van der Waals surface area contributed by atoms with E-state index in [2.05, 4.69) is 10.0 Å². The van der Waals surface area contributed by atoms with Crippen LogP contribution in [0.25, 0.3) is 0 Å². The molecule has 9 heteroatoms. The van der Waals surface area contributed by atoms with Crippen molar-refractivity contribution < 1.29 is 17.9 Å². The normalized spacial score (nSPS) is 17.3. The molecule has 0 bridgehead atoms. The van der Waals surface area contributed by atoms with Gasteiger partial charge in [-0.25, -0.2) is 13.1 Å². The standard InChI is InChI=1S/C15H23N3O4S.ClH/c1-18(13-7-8-16-11-13)15(19)12-3-5-14(6-4-12)23(20,21)17-9-10-22-2;/h3-6,13,16-17H,7-11H2,1-2H3;1H. The van der Waals surface area contributed by atoms with E-state index < -0.39 is 10.0 Å². The first kappa shape index (κ1) is 20.9. The summed E-state index contributed by atoms with van der Waals surface area (Å²) >= 11 is 0. The Labute approximate surface area is 149 Å². The Morgan fingerprint density at radius 3 is 2.58 bits per heavy atom. The van der Waals surface area contributed by atoms with Crippen molar-refractivity contribution in [3.05, 3.63) is 29.8 Å². The predicted octanol–water partition coefficient (Wildman–Crippen LogP) is 0.467. The zero-order valence-corrected chi connectivity index (χ0v) is 15.5. The van der Waals surface area contributed by atoms with Crippen molar-refractivity contribution in [3.63, 3.8) is 0 Å². The predicted molar refractivity (Wildman–Crippen MR) is 94.1 cm³/mol. The van der Waals surface area contributed by atoms with Gasteiger partial charge in [0.2, 0.25) is 10.0 Å². The number of amides is 1. The van der Waals surface area contributed by atoms with Crippen LogP contribution in [-0.4, -0.2) is 65.7 Å². The highest BCUT2D eigenvalue weighted by molar-refractivity contribution is 7.89. The number of nitrogens with one attached hydrogen (secondary N) is 2. The van der Waals surface area contributed by atoms with Crippen molar-refractivity contribution in [1.82, 2.24) is 14.9 Å². The molecular weight excluding hydrogens is 354 g/mol. The number of sulfonamides is 1. The first-order valence-corrected chi connectivity index (χ1v) is 9.00. The van der Waals surface area contributed by atoms with Crippen LogP contribution in [0.15, 0.2) is 29.2 Å². The smallest absolute Gasteiger partial charge is 0.253 e. The first-order chi connectivity index (χ1) is 11.0. The molecule has 0 aliphatic carbocycles. The summed E-state index contributed by atoms with van der Waals surface area (Å²) in [5.41, 5.74) is 0.482. The van der Waals surface area contributed by atoms with E-state index in [1.165, 1.54) is 19.2 Å². The molecule has 1 atom stereocenters. The lowest BCUT2D eigenvalue weighted by Gasteiger charge is -2.23. The van der Waals surface area contributed by atoms with E-state index in [-0.39, 0.29) is 35.8 Å². The van der Waals surface area contributed by atoms with E-state index >= 15 is 0 Å². The summed E-state index contributed by atoms with van der Waals surface area (Å²) in [6, 6.07) is 6.17. The average Bonchev–Trinajstić information content (AvgIpc) is 3.08. The lowest BCUT2D eigenvalue weighted by molar-refractivity contribution is 0.0743. The van der Waals surface area contributed by atoms with Crippen molar-refractivity contribution in [1.29, 1.82) is 0 Å². The fraction of sp³-hybridized carbons (Fsp3) is 0.533. The van der Waals surface area contributed by atoms with E-state index in [9.17, 15) is 13.2 Å². The molecule has 2 rings (SSSR count). The summed E-state index contributed by atoms with van der Waals surface area (Å²) in [4.78, 5) is 14.3. The number of hydrogen-bond acceptors (Lipinski definition) is 5. The molecule has 1 aliphatic rings. The highest BCUT2D eigenvalue weighted by Crippen LogP contribution is 2.14. The molecule has 7 nitrogen and oxygen atoms in total. The number of carbonyl (C=O) groups excluding carboxylic acids is 1. The van der Waals surface area contributed by atoms with Gasteiger partial charge in [-0.1, -0.05) is 0 Å². The number of carbonyl (C=O) groups is 1. The topological polar surface area (TPSA) is 87.7 Å². The van der Waals surface area contributed by atoms with Gasteiger partial charge in [0.05, 0.1) is 11.5 Å². The minimum atomic E-state index is -3.58. The molecule has 0 saturated carbocycles. The summed E-state index contributed by atoms with van der Waals surface area (Å²) in [5.74, 6) is -0.102. The van der Waals surface area contributed by atoms with E-state index in [0.717, 1.165) is 19.5 Å². The van der Waals surface area contributed by atoms with Gasteiger partial charge in [0.15, 0.2) is 0 Å². The number of halogens is 1. The van der Waals surface area contributed by atoms with Gasteiger partial charge in [-0.3, -0.25) is 4.79 Å². The van der Waals surface area contributed by atoms with Gasteiger partial charge in [0.1, 0.15) is 0 Å². The molecule has 1 aromatic rings. The zero-order chi connectivity index (χ0) is 16.9. The number of methoxy groups -OCH3 is 1. The van der Waals surface area contributed by atoms with Crippen LogP contribution in [0.4, 0.5) is 0 Å². The maximum atomic E-state index is 12.4. The Morgan fingerprint density at radius 2 is 2.04 bits per heavy atom. The van der Waals surface area contributed by atoms with Gasteiger partial charge in [-0.05, 0) is 37.2 Å². The number of ether oxygens (including phenoxy) is 1. The Balaban J connectivity index is 0.00000288. The average molecular weight is 378 g/mol. The Kier molecular flexibility index (Phi) is 8.11. The fourth-order valence-corrected chi connectivity index (χ4v) is 3.49. The number of nitrogens with zero attached hydrogens (tertiary/aromatic N) is 1. The molecule has 136 valence electrons. The Bertz CT molecular complexity index is 631. The van der Waals surface area contributed by atoms with Crippen LogP contribution < -0.4 is 10.0 Å². The minimum absolute atomic E-state index is 0. The molecule has 1 saturated heterocycles. The Morgan fingerprint density at radius 1 is 1.38 bits per heavy atom. The van der Waals surface area contributed by atoms with Crippen LogP contribution in [0.5, 0.6) is 0 Å². The highest BCUT2D eigenvalue weighted by atomic mass is 35.5. The van der Waals surface area contributed by atoms with Gasteiger partial charge >= 0.3 is 0 Å². The number of benzene rings is 1. The monoisotopic (exact) mass is 377 g/mol. The molecule has 1 heterocycles. The van der Waals surface area contributed by atoms with Crippen molar-refractivity contribution in [2.75, 3.05) is 40.4 Å². The largest absolute Gasteiger partial charge is 0.383 e. The van der Waals surface area contributed by atoms with E-state index in [0.29, 0.717) is 12.2 Å². The van der Waals surface area contributed by atoms with Crippen LogP contribution in [0.1, 0.15) is 16.8 Å². The molecule has 0 aromatic heterocycles. The maximum absolute atomic E-state index is 12.4. The van der Waals surface area contributed by atoms with Gasteiger partial charge in [0.25, 0.3) is 5.91 Å². The summed E-state index contributed by atoms with van der Waals surface area (Å²) < 4.78 is 31.4. The molecular formula is C15H24ClN3O4S. The third-order valence-electron chi connectivity index (χ3n) is 3.91. The maximum Gasteiger partial charge on any atom is 0.253 e. The van der Waals surface area contributed by atoms with E-state index in [1.54, 1.807) is 24.1 Å². The zero-order valence-electron chi connectivity index (χ0n) is 13.8. The lowest BCUT2D eigenvalue weighted by Crippen LogP contribution is -2.38. The van der Waals surface area contributed by atoms with Crippen molar-refractivity contribution in [2.45, 2.75) is 17.4 Å². The first-order valence-electron chi connectivity index (χ1n) is 7.52. The number of hydrogen-bond donors (Lipinski definition) is 2. The molecule has 1 aromatic carbocycles. The quantitative estimate of drug-likeness (QED) is 0.674. The van der Waals surface area contributed by atoms with Crippen LogP contribution in [0.2, 0.25) is 0 Å². The van der Waals surface area contributed by atoms with E-state index in [1.807, 2.05) is 0 Å². The Hall–Kier alpha value is -1.19. The van der Waals surface area contributed by atoms with Crippen LogP contribution >= 0.6 is 12.4 Å². The summed E-state index contributed by atoms with van der Waals surface area (Å²) in [6.45, 7) is 2.21. The lowest BCUT2D eigenvalue weighted by atomic mass is 10.1. The summed E-state index contributed by atoms with van der Waals surface area (Å²) in [6.07, 6.45) is 0.929. The summed E-state index contributed by atoms with van der Waals surface area (Å²) in [5, 5.41) is 3.22. The molecule has 0 spiro atoms. The van der Waals surface area contributed by atoms with Gasteiger partial charge in [0, 0.05) is 38.9 Å². The molecule has 1 fully saturated rings. The second-order valence-electron chi connectivity index (χ2n) is 5.48. The second-order valence-corrected chi connectivity index (χ2v) is 7.24. The van der Waals surface area contributed by atoms with Gasteiger partial charge in [-0.2, -0.15) is 0 Å². The van der Waals surface area contributed by atoms with Crippen LogP contribution in [-0.2, 0) is 14.8 Å². The second kappa shape index (κ2) is 9.33. The molecule has 1 aliphatic heterocycles. The molecule has 24 heavy (non-hydrogen) atoms. The molecule has 2 N–H and O–H groups in total. The SMILES string of the molecule is COCCNS(=O)(=O)c1ccc(C(=O)N(C)C2CCNC2)cc1.Cl. The number of rotatable bonds is 7. The molecule has 1 unspecified atom stereocenters. The van der Waals surface area contributed by atoms with Gasteiger partial charge in [-0.15, -0.1) is 12.4 Å². The van der Waals surface area contributed by atoms with Crippen molar-refractivity contribution >= 4 is 28.3 Å². The fourth-order valence-electron chi connectivity index (χ4n) is 2.48.